The van der Waals surface area contributed by atoms with Crippen LogP contribution in [0.1, 0.15) is 55.4 Å². The van der Waals surface area contributed by atoms with Crippen molar-refractivity contribution in [2.24, 2.45) is 5.73 Å². The number of nitrogens with zero attached hydrogens (tertiary/aromatic N) is 4. The van der Waals surface area contributed by atoms with Crippen LogP contribution in [0, 0.1) is 6.92 Å². The smallest absolute Gasteiger partial charge is 0.326 e. The van der Waals surface area contributed by atoms with Crippen LogP contribution in [0.3, 0.4) is 0 Å². The van der Waals surface area contributed by atoms with Crippen molar-refractivity contribution < 1.29 is 13.2 Å². The molecule has 8 heteroatoms. The van der Waals surface area contributed by atoms with E-state index in [0.717, 1.165) is 70.2 Å². The fraction of sp³-hybridized carbons (Fsp3) is 0.258. The van der Waals surface area contributed by atoms with E-state index in [1.807, 2.05) is 48.7 Å². The highest BCUT2D eigenvalue weighted by Crippen LogP contribution is 2.30. The molecule has 204 valence electrons. The number of fused-ring (bicyclic) bond motifs is 1. The van der Waals surface area contributed by atoms with E-state index in [0.29, 0.717) is 6.54 Å². The summed E-state index contributed by atoms with van der Waals surface area (Å²) >= 11 is 0. The molecule has 3 heterocycles. The van der Waals surface area contributed by atoms with E-state index < -0.39 is 11.7 Å². The lowest BCUT2D eigenvalue weighted by molar-refractivity contribution is -0.137. The zero-order chi connectivity index (χ0) is 28.6. The maximum Gasteiger partial charge on any atom is 0.416 e. The number of allylic oxidation sites excluding steroid dienone is 5. The van der Waals surface area contributed by atoms with E-state index in [1.165, 1.54) is 17.7 Å². The Labute approximate surface area is 227 Å². The Morgan fingerprint density at radius 3 is 2.31 bits per heavy atom. The van der Waals surface area contributed by atoms with Crippen molar-refractivity contribution in [2.45, 2.75) is 53.3 Å². The first-order chi connectivity index (χ1) is 18.6. The highest BCUT2D eigenvalue weighted by molar-refractivity contribution is 5.83. The maximum absolute atomic E-state index is 12.0. The molecule has 0 aliphatic carbocycles. The molecule has 0 aliphatic rings. The van der Waals surface area contributed by atoms with Crippen molar-refractivity contribution in [1.29, 1.82) is 0 Å². The van der Waals surface area contributed by atoms with Crippen molar-refractivity contribution in [3.63, 3.8) is 0 Å². The lowest BCUT2D eigenvalue weighted by atomic mass is 10.1. The molecule has 0 fully saturated rings. The van der Waals surface area contributed by atoms with Gasteiger partial charge in [0.15, 0.2) is 0 Å². The summed E-state index contributed by atoms with van der Waals surface area (Å²) in [5, 5.41) is 0. The molecule has 0 bridgehead atoms. The van der Waals surface area contributed by atoms with Crippen LogP contribution in [-0.4, -0.2) is 19.4 Å². The summed E-state index contributed by atoms with van der Waals surface area (Å²) in [5.41, 5.74) is 12.9. The molecular formula is C31H34F3N5. The molecule has 0 spiro atoms. The first kappa shape index (κ1) is 29.5. The van der Waals surface area contributed by atoms with Crippen molar-refractivity contribution in [2.75, 3.05) is 0 Å². The normalized spacial score (nSPS) is 12.3. The van der Waals surface area contributed by atoms with E-state index in [4.69, 9.17) is 10.7 Å². The van der Waals surface area contributed by atoms with E-state index >= 15 is 0 Å². The minimum Gasteiger partial charge on any atom is -0.326 e. The van der Waals surface area contributed by atoms with Gasteiger partial charge in [-0.2, -0.15) is 13.2 Å². The van der Waals surface area contributed by atoms with E-state index in [1.54, 1.807) is 6.20 Å². The van der Waals surface area contributed by atoms with Crippen molar-refractivity contribution in [3.05, 3.63) is 113 Å². The van der Waals surface area contributed by atoms with Gasteiger partial charge < -0.3 is 5.73 Å². The highest BCUT2D eigenvalue weighted by Gasteiger charge is 2.29. The number of aromatic nitrogens is 4. The summed E-state index contributed by atoms with van der Waals surface area (Å²) < 4.78 is 38.1. The highest BCUT2D eigenvalue weighted by atomic mass is 19.4. The predicted octanol–water partition coefficient (Wildman–Crippen LogP) is 7.75. The molecule has 0 saturated heterocycles. The molecule has 0 radical (unpaired) electrons. The number of hydrogen-bond acceptors (Lipinski definition) is 4. The summed E-state index contributed by atoms with van der Waals surface area (Å²) in [4.78, 5) is 13.7. The Balaban J connectivity index is 0.000000293. The number of halogens is 3. The van der Waals surface area contributed by atoms with Crippen LogP contribution in [0.25, 0.3) is 22.6 Å². The Kier molecular flexibility index (Phi) is 9.95. The number of hydrogen-bond donors (Lipinski definition) is 1. The van der Waals surface area contributed by atoms with Gasteiger partial charge in [0.1, 0.15) is 11.5 Å². The second kappa shape index (κ2) is 13.2. The van der Waals surface area contributed by atoms with Gasteiger partial charge in [-0.3, -0.25) is 4.40 Å². The molecule has 39 heavy (non-hydrogen) atoms. The zero-order valence-corrected chi connectivity index (χ0v) is 22.8. The topological polar surface area (TPSA) is 69.1 Å². The SMILES string of the molecule is C=C/C(=C\C=C(\C)CC)c1nc2cc(CN)ccn2c1-c1ccnc(C)n1.CCc1ccc(C(F)(F)F)cc1. The molecule has 4 aromatic rings. The van der Waals surface area contributed by atoms with Gasteiger partial charge in [0.2, 0.25) is 0 Å². The summed E-state index contributed by atoms with van der Waals surface area (Å²) in [5.74, 6) is 0.720. The Morgan fingerprint density at radius 1 is 1.03 bits per heavy atom. The summed E-state index contributed by atoms with van der Waals surface area (Å²) in [6.45, 7) is 12.5. The third-order valence-corrected chi connectivity index (χ3v) is 6.23. The fourth-order valence-electron chi connectivity index (χ4n) is 3.77. The monoisotopic (exact) mass is 533 g/mol. The van der Waals surface area contributed by atoms with Crippen LogP contribution in [-0.2, 0) is 19.1 Å². The first-order valence-corrected chi connectivity index (χ1v) is 12.8. The number of rotatable bonds is 7. The quantitative estimate of drug-likeness (QED) is 0.247. The Bertz CT molecular complexity index is 1480. The lowest BCUT2D eigenvalue weighted by Gasteiger charge is -2.06. The molecule has 0 atom stereocenters. The number of aryl methyl sites for hydroxylation is 2. The van der Waals surface area contributed by atoms with Gasteiger partial charge in [0.05, 0.1) is 22.6 Å². The van der Waals surface area contributed by atoms with Crippen molar-refractivity contribution in [1.82, 2.24) is 19.4 Å². The van der Waals surface area contributed by atoms with E-state index in [2.05, 4.69) is 42.5 Å². The lowest BCUT2D eigenvalue weighted by Crippen LogP contribution is -2.04. The summed E-state index contributed by atoms with van der Waals surface area (Å²) in [6, 6.07) is 11.2. The van der Waals surface area contributed by atoms with Crippen LogP contribution < -0.4 is 5.73 Å². The number of nitrogens with two attached hydrogens (primary N) is 1. The van der Waals surface area contributed by atoms with Crippen LogP contribution in [0.5, 0.6) is 0 Å². The molecule has 0 saturated carbocycles. The zero-order valence-electron chi connectivity index (χ0n) is 22.8. The van der Waals surface area contributed by atoms with Gasteiger partial charge in [-0.15, -0.1) is 0 Å². The van der Waals surface area contributed by atoms with Gasteiger partial charge >= 0.3 is 6.18 Å². The molecular weight excluding hydrogens is 499 g/mol. The number of alkyl halides is 3. The van der Waals surface area contributed by atoms with Gasteiger partial charge in [-0.05, 0) is 68.1 Å². The largest absolute Gasteiger partial charge is 0.416 e. The molecule has 4 rings (SSSR count). The van der Waals surface area contributed by atoms with E-state index in [-0.39, 0.29) is 0 Å². The Hall–Kier alpha value is -4.04. The average Bonchev–Trinajstić information content (AvgIpc) is 3.31. The van der Waals surface area contributed by atoms with Crippen LogP contribution >= 0.6 is 0 Å². The number of benzene rings is 1. The van der Waals surface area contributed by atoms with Gasteiger partial charge in [0, 0.05) is 24.5 Å². The van der Waals surface area contributed by atoms with Crippen LogP contribution in [0.2, 0.25) is 0 Å². The average molecular weight is 534 g/mol. The van der Waals surface area contributed by atoms with Crippen molar-refractivity contribution >= 4 is 11.2 Å². The van der Waals surface area contributed by atoms with Gasteiger partial charge in [-0.25, -0.2) is 15.0 Å². The summed E-state index contributed by atoms with van der Waals surface area (Å²) in [7, 11) is 0. The Morgan fingerprint density at radius 2 is 1.74 bits per heavy atom. The standard InChI is InChI=1S/C22H25N5.C9H9F3/c1-5-15(3)7-8-18(6-2)21-22(19-9-11-24-16(4)25-19)27-12-10-17(14-23)13-20(27)26-21;1-2-7-3-5-8(6-4-7)9(10,11)12/h6-13H,2,5,14,23H2,1,3-4H3;3-6H,2H2,1H3/b15-7-,18-8+;. The first-order valence-electron chi connectivity index (χ1n) is 12.8. The van der Waals surface area contributed by atoms with Gasteiger partial charge in [0.25, 0.3) is 0 Å². The molecule has 5 nitrogen and oxygen atoms in total. The molecule has 1 aromatic carbocycles. The predicted molar refractivity (Wildman–Crippen MR) is 152 cm³/mol. The summed E-state index contributed by atoms with van der Waals surface area (Å²) in [6.07, 6.45) is 7.33. The minimum atomic E-state index is -4.22. The second-order valence-corrected chi connectivity index (χ2v) is 9.01. The van der Waals surface area contributed by atoms with Crippen LogP contribution in [0.4, 0.5) is 13.2 Å². The third kappa shape index (κ3) is 7.51. The molecule has 2 N–H and O–H groups in total. The third-order valence-electron chi connectivity index (χ3n) is 6.23. The molecule has 0 aliphatic heterocycles. The maximum atomic E-state index is 12.0. The van der Waals surface area contributed by atoms with E-state index in [9.17, 15) is 13.2 Å². The molecule has 0 amide bonds. The van der Waals surface area contributed by atoms with Crippen molar-refractivity contribution in [3.8, 4) is 11.4 Å². The minimum absolute atomic E-state index is 0.475. The fourth-order valence-corrected chi connectivity index (χ4v) is 3.77. The van der Waals surface area contributed by atoms with Gasteiger partial charge in [-0.1, -0.05) is 56.4 Å². The number of imidazole rings is 1. The second-order valence-electron chi connectivity index (χ2n) is 9.01. The number of pyridine rings is 1. The molecule has 3 aromatic heterocycles. The van der Waals surface area contributed by atoms with Crippen LogP contribution in [0.15, 0.2) is 85.2 Å². The molecule has 0 unspecified atom stereocenters.